The summed E-state index contributed by atoms with van der Waals surface area (Å²) in [5.41, 5.74) is 0.0944. The van der Waals surface area contributed by atoms with E-state index >= 15 is 0 Å². The number of hydrogen-bond donors (Lipinski definition) is 1. The summed E-state index contributed by atoms with van der Waals surface area (Å²) in [6.45, 7) is 0. The molecule has 1 aromatic carbocycles. The lowest BCUT2D eigenvalue weighted by Crippen LogP contribution is -2.15. The Morgan fingerprint density at radius 1 is 1.43 bits per heavy atom. The summed E-state index contributed by atoms with van der Waals surface area (Å²) in [5, 5.41) is 1.38. The minimum atomic E-state index is -3.98. The summed E-state index contributed by atoms with van der Waals surface area (Å²) >= 11 is 10.1. The fourth-order valence-electron chi connectivity index (χ4n) is 1.74. The molecule has 0 spiro atoms. The molecule has 0 fully saturated rings. The zero-order valence-corrected chi connectivity index (χ0v) is 14.0. The number of nitrogens with zero attached hydrogens (tertiary/aromatic N) is 2. The molecule has 0 amide bonds. The first-order valence-corrected chi connectivity index (χ1v) is 9.01. The maximum Gasteiger partial charge on any atom is 0.281 e. The first-order chi connectivity index (χ1) is 9.88. The molecule has 2 heterocycles. The second kappa shape index (κ2) is 5.24. The third-order valence-corrected chi connectivity index (χ3v) is 5.78. The second-order valence-electron chi connectivity index (χ2n) is 4.00. The van der Waals surface area contributed by atoms with E-state index in [1.807, 2.05) is 0 Å². The Labute approximate surface area is 136 Å². The van der Waals surface area contributed by atoms with Crippen molar-refractivity contribution in [3.8, 4) is 0 Å². The molecule has 110 valence electrons. The molecule has 0 atom stereocenters. The van der Waals surface area contributed by atoms with E-state index in [0.29, 0.717) is 4.96 Å². The van der Waals surface area contributed by atoms with Crippen LogP contribution in [-0.2, 0) is 10.0 Å². The van der Waals surface area contributed by atoms with Gasteiger partial charge in [-0.2, -0.15) is 8.42 Å². The Morgan fingerprint density at radius 2 is 2.19 bits per heavy atom. The Morgan fingerprint density at radius 3 is 2.90 bits per heavy atom. The first kappa shape index (κ1) is 14.8. The zero-order chi connectivity index (χ0) is 15.2. The number of thiazole rings is 1. The minimum Gasteiger partial charge on any atom is -0.278 e. The first-order valence-electron chi connectivity index (χ1n) is 5.47. The van der Waals surface area contributed by atoms with Crippen molar-refractivity contribution in [3.63, 3.8) is 0 Å². The second-order valence-corrected chi connectivity index (χ2v) is 7.68. The van der Waals surface area contributed by atoms with E-state index in [4.69, 9.17) is 11.6 Å². The van der Waals surface area contributed by atoms with Crippen LogP contribution in [0.5, 0.6) is 0 Å². The van der Waals surface area contributed by atoms with Crippen LogP contribution in [0, 0.1) is 5.82 Å². The topological polar surface area (TPSA) is 63.5 Å². The van der Waals surface area contributed by atoms with Gasteiger partial charge in [0.25, 0.3) is 10.0 Å². The number of sulfonamides is 1. The van der Waals surface area contributed by atoms with E-state index in [2.05, 4.69) is 25.6 Å². The largest absolute Gasteiger partial charge is 0.281 e. The van der Waals surface area contributed by atoms with Gasteiger partial charge in [-0.3, -0.25) is 9.12 Å². The fraction of sp³-hybridized carbons (Fsp3) is 0. The number of rotatable bonds is 3. The lowest BCUT2D eigenvalue weighted by Gasteiger charge is -2.08. The molecule has 0 bridgehead atoms. The molecular weight excluding hydrogens is 405 g/mol. The lowest BCUT2D eigenvalue weighted by molar-refractivity contribution is 0.596. The Hall–Kier alpha value is -1.16. The number of fused-ring (bicyclic) bond motifs is 1. The molecule has 0 aliphatic rings. The molecule has 0 saturated carbocycles. The summed E-state index contributed by atoms with van der Waals surface area (Å²) in [4.78, 5) is 4.42. The van der Waals surface area contributed by atoms with Crippen LogP contribution < -0.4 is 4.72 Å². The normalized spacial score (nSPS) is 12.0. The highest BCUT2D eigenvalue weighted by Gasteiger charge is 2.25. The fourth-order valence-corrected chi connectivity index (χ4v) is 4.49. The molecule has 0 aliphatic heterocycles. The highest BCUT2D eigenvalue weighted by molar-refractivity contribution is 9.10. The van der Waals surface area contributed by atoms with Gasteiger partial charge in [-0.25, -0.2) is 9.37 Å². The standard InChI is InChI=1S/C11H6BrClFN3O2S2/c12-7-2-1-6(5-8(7)14)16-21(18,19)10-9(13)15-11-17(10)3-4-20-11/h1-5,16H. The molecule has 2 aromatic heterocycles. The van der Waals surface area contributed by atoms with E-state index in [9.17, 15) is 12.8 Å². The number of aromatic nitrogens is 2. The average Bonchev–Trinajstić information content (AvgIpc) is 2.92. The van der Waals surface area contributed by atoms with E-state index in [-0.39, 0.29) is 20.3 Å². The molecule has 0 radical (unpaired) electrons. The van der Waals surface area contributed by atoms with E-state index < -0.39 is 15.8 Å². The summed E-state index contributed by atoms with van der Waals surface area (Å²) in [6, 6.07) is 3.91. The van der Waals surface area contributed by atoms with Crippen LogP contribution >= 0.6 is 38.9 Å². The molecule has 21 heavy (non-hydrogen) atoms. The molecule has 5 nitrogen and oxygen atoms in total. The van der Waals surface area contributed by atoms with Crippen molar-refractivity contribution < 1.29 is 12.8 Å². The van der Waals surface area contributed by atoms with Gasteiger partial charge in [-0.05, 0) is 34.1 Å². The predicted octanol–water partition coefficient (Wildman–Crippen LogP) is 3.75. The predicted molar refractivity (Wildman–Crippen MR) is 83.0 cm³/mol. The Bertz CT molecular complexity index is 938. The van der Waals surface area contributed by atoms with Crippen LogP contribution in [0.25, 0.3) is 4.96 Å². The van der Waals surface area contributed by atoms with Crippen LogP contribution in [0.2, 0.25) is 5.15 Å². The molecule has 1 N–H and O–H groups in total. The van der Waals surface area contributed by atoms with Crippen LogP contribution in [-0.4, -0.2) is 17.8 Å². The van der Waals surface area contributed by atoms with Crippen molar-refractivity contribution in [3.05, 3.63) is 45.2 Å². The molecule has 0 unspecified atom stereocenters. The highest BCUT2D eigenvalue weighted by Crippen LogP contribution is 2.28. The average molecular weight is 411 g/mol. The van der Waals surface area contributed by atoms with Gasteiger partial charge in [0, 0.05) is 11.6 Å². The van der Waals surface area contributed by atoms with Crippen LogP contribution in [0.4, 0.5) is 10.1 Å². The number of hydrogen-bond acceptors (Lipinski definition) is 4. The molecule has 10 heteroatoms. The van der Waals surface area contributed by atoms with Crippen molar-refractivity contribution in [2.45, 2.75) is 5.03 Å². The molecule has 0 aliphatic carbocycles. The van der Waals surface area contributed by atoms with Crippen molar-refractivity contribution >= 4 is 59.5 Å². The summed E-state index contributed by atoms with van der Waals surface area (Å²) in [7, 11) is -3.98. The highest BCUT2D eigenvalue weighted by atomic mass is 79.9. The van der Waals surface area contributed by atoms with Crippen molar-refractivity contribution in [1.29, 1.82) is 0 Å². The van der Waals surface area contributed by atoms with Crippen LogP contribution in [0.3, 0.4) is 0 Å². The van der Waals surface area contributed by atoms with Gasteiger partial charge >= 0.3 is 0 Å². The monoisotopic (exact) mass is 409 g/mol. The van der Waals surface area contributed by atoms with Crippen molar-refractivity contribution in [2.75, 3.05) is 4.72 Å². The van der Waals surface area contributed by atoms with Gasteiger partial charge in [-0.1, -0.05) is 11.6 Å². The number of benzene rings is 1. The van der Waals surface area contributed by atoms with Gasteiger partial charge in [0.15, 0.2) is 15.1 Å². The molecule has 0 saturated heterocycles. The van der Waals surface area contributed by atoms with Gasteiger partial charge in [-0.15, -0.1) is 11.3 Å². The van der Waals surface area contributed by atoms with Crippen LogP contribution in [0.1, 0.15) is 0 Å². The maximum atomic E-state index is 13.5. The number of imidazole rings is 1. The number of nitrogens with one attached hydrogen (secondary N) is 1. The smallest absolute Gasteiger partial charge is 0.278 e. The van der Waals surface area contributed by atoms with Gasteiger partial charge in [0.1, 0.15) is 5.82 Å². The maximum absolute atomic E-state index is 13.5. The van der Waals surface area contributed by atoms with Crippen molar-refractivity contribution in [1.82, 2.24) is 9.38 Å². The van der Waals surface area contributed by atoms with Crippen LogP contribution in [0.15, 0.2) is 39.3 Å². The quantitative estimate of drug-likeness (QED) is 0.715. The van der Waals surface area contributed by atoms with Crippen molar-refractivity contribution in [2.24, 2.45) is 0 Å². The van der Waals surface area contributed by atoms with E-state index in [1.165, 1.54) is 27.9 Å². The summed E-state index contributed by atoms with van der Waals surface area (Å²) in [5.74, 6) is -0.574. The molecule has 3 aromatic rings. The Balaban J connectivity index is 2.06. The van der Waals surface area contributed by atoms with Gasteiger partial charge in [0.05, 0.1) is 10.2 Å². The van der Waals surface area contributed by atoms with E-state index in [0.717, 1.165) is 6.07 Å². The molecule has 3 rings (SSSR count). The third kappa shape index (κ3) is 2.66. The number of halogens is 3. The lowest BCUT2D eigenvalue weighted by atomic mass is 10.3. The SMILES string of the molecule is O=S(=O)(Nc1ccc(Br)c(F)c1)c1c(Cl)nc2sccn12. The van der Waals surface area contributed by atoms with E-state index in [1.54, 1.807) is 11.6 Å². The molecular formula is C11H6BrClFN3O2S2. The Kier molecular flexibility index (Phi) is 3.68. The minimum absolute atomic E-state index is 0.0944. The number of anilines is 1. The van der Waals surface area contributed by atoms with Gasteiger partial charge in [0.2, 0.25) is 0 Å². The van der Waals surface area contributed by atoms with Gasteiger partial charge < -0.3 is 0 Å². The summed E-state index contributed by atoms with van der Waals surface area (Å²) in [6.07, 6.45) is 1.55. The summed E-state index contributed by atoms with van der Waals surface area (Å²) < 4.78 is 42.2. The zero-order valence-electron chi connectivity index (χ0n) is 10.0. The third-order valence-electron chi connectivity index (χ3n) is 2.60.